The molecule has 36 heavy (non-hydrogen) atoms. The zero-order valence-corrected chi connectivity index (χ0v) is 20.7. The summed E-state index contributed by atoms with van der Waals surface area (Å²) in [5, 5.41) is 0. The van der Waals surface area contributed by atoms with Gasteiger partial charge in [0.1, 0.15) is 17.6 Å². The van der Waals surface area contributed by atoms with Gasteiger partial charge < -0.3 is 13.9 Å². The molecule has 6 nitrogen and oxygen atoms in total. The summed E-state index contributed by atoms with van der Waals surface area (Å²) in [5.41, 5.74) is 5.99. The molecule has 0 bridgehead atoms. The predicted octanol–water partition coefficient (Wildman–Crippen LogP) is 6.66. The SMILES string of the molecule is CCCC(=O)O[C@H]1CCc2cc(OCCc3nc(-c4ccc(-c5ccccc5)nc4)oc3C)ccc21. The molecule has 184 valence electrons. The van der Waals surface area contributed by atoms with Crippen LogP contribution in [0.1, 0.15) is 54.9 Å². The van der Waals surface area contributed by atoms with E-state index < -0.39 is 0 Å². The van der Waals surface area contributed by atoms with Gasteiger partial charge in [-0.05, 0) is 61.6 Å². The van der Waals surface area contributed by atoms with E-state index in [9.17, 15) is 4.79 Å². The van der Waals surface area contributed by atoms with E-state index in [4.69, 9.17) is 13.9 Å². The second kappa shape index (κ2) is 10.8. The third kappa shape index (κ3) is 5.33. The fourth-order valence-electron chi connectivity index (χ4n) is 4.54. The van der Waals surface area contributed by atoms with Gasteiger partial charge in [0.2, 0.25) is 5.89 Å². The Morgan fingerprint density at radius 3 is 2.72 bits per heavy atom. The monoisotopic (exact) mass is 482 g/mol. The molecule has 2 heterocycles. The normalized spacial score (nSPS) is 14.4. The van der Waals surface area contributed by atoms with Crippen molar-refractivity contribution in [1.82, 2.24) is 9.97 Å². The van der Waals surface area contributed by atoms with Gasteiger partial charge in [0.25, 0.3) is 0 Å². The number of oxazole rings is 1. The number of esters is 1. The van der Waals surface area contributed by atoms with Crippen LogP contribution in [0.4, 0.5) is 0 Å². The molecule has 0 amide bonds. The highest BCUT2D eigenvalue weighted by atomic mass is 16.5. The van der Waals surface area contributed by atoms with Crippen LogP contribution in [0.25, 0.3) is 22.7 Å². The summed E-state index contributed by atoms with van der Waals surface area (Å²) in [5.74, 6) is 2.04. The minimum absolute atomic E-state index is 0.124. The lowest BCUT2D eigenvalue weighted by atomic mass is 10.1. The van der Waals surface area contributed by atoms with E-state index in [1.54, 1.807) is 6.20 Å². The maximum Gasteiger partial charge on any atom is 0.306 e. The minimum atomic E-state index is -0.138. The van der Waals surface area contributed by atoms with Crippen molar-refractivity contribution >= 4 is 5.97 Å². The first-order valence-corrected chi connectivity index (χ1v) is 12.5. The molecule has 2 aromatic carbocycles. The fourth-order valence-corrected chi connectivity index (χ4v) is 4.54. The van der Waals surface area contributed by atoms with E-state index in [1.807, 2.05) is 68.4 Å². The van der Waals surface area contributed by atoms with Crippen LogP contribution in [0.2, 0.25) is 0 Å². The van der Waals surface area contributed by atoms with E-state index in [2.05, 4.69) is 16.0 Å². The molecule has 0 unspecified atom stereocenters. The number of pyridine rings is 1. The molecule has 0 aliphatic heterocycles. The number of fused-ring (bicyclic) bond motifs is 1. The van der Waals surface area contributed by atoms with Crippen molar-refractivity contribution in [2.45, 2.75) is 52.1 Å². The van der Waals surface area contributed by atoms with Crippen molar-refractivity contribution < 1.29 is 18.7 Å². The Morgan fingerprint density at radius 1 is 1.08 bits per heavy atom. The van der Waals surface area contributed by atoms with Gasteiger partial charge in [-0.15, -0.1) is 0 Å². The van der Waals surface area contributed by atoms with Crippen molar-refractivity contribution in [1.29, 1.82) is 0 Å². The van der Waals surface area contributed by atoms with E-state index >= 15 is 0 Å². The summed E-state index contributed by atoms with van der Waals surface area (Å²) in [6, 6.07) is 20.1. The van der Waals surface area contributed by atoms with E-state index in [-0.39, 0.29) is 12.1 Å². The molecule has 0 spiro atoms. The van der Waals surface area contributed by atoms with Crippen LogP contribution in [0.5, 0.6) is 5.75 Å². The van der Waals surface area contributed by atoms with Gasteiger partial charge >= 0.3 is 5.97 Å². The Morgan fingerprint density at radius 2 is 1.94 bits per heavy atom. The molecule has 6 heteroatoms. The molecule has 1 aliphatic carbocycles. The quantitative estimate of drug-likeness (QED) is 0.248. The third-order valence-corrected chi connectivity index (χ3v) is 6.45. The van der Waals surface area contributed by atoms with Gasteiger partial charge in [-0.3, -0.25) is 9.78 Å². The summed E-state index contributed by atoms with van der Waals surface area (Å²) in [6.07, 6.45) is 5.28. The number of rotatable bonds is 9. The van der Waals surface area contributed by atoms with Crippen LogP contribution in [0.15, 0.2) is 71.3 Å². The Hall–Kier alpha value is -3.93. The Labute approximate surface area is 211 Å². The van der Waals surface area contributed by atoms with Gasteiger partial charge in [-0.25, -0.2) is 4.98 Å². The van der Waals surface area contributed by atoms with Gasteiger partial charge in [-0.1, -0.05) is 43.3 Å². The van der Waals surface area contributed by atoms with Gasteiger partial charge in [-0.2, -0.15) is 0 Å². The number of ether oxygens (including phenoxy) is 2. The number of hydrogen-bond donors (Lipinski definition) is 0. The first kappa shape index (κ1) is 23.8. The second-order valence-electron chi connectivity index (χ2n) is 9.05. The highest BCUT2D eigenvalue weighted by molar-refractivity contribution is 5.69. The van der Waals surface area contributed by atoms with Crippen LogP contribution in [0.3, 0.4) is 0 Å². The molecule has 1 aliphatic rings. The zero-order valence-electron chi connectivity index (χ0n) is 20.7. The summed E-state index contributed by atoms with van der Waals surface area (Å²) in [4.78, 5) is 21.1. The molecule has 0 radical (unpaired) electrons. The smallest absolute Gasteiger partial charge is 0.306 e. The van der Waals surface area contributed by atoms with Gasteiger partial charge in [0.15, 0.2) is 0 Å². The first-order valence-electron chi connectivity index (χ1n) is 12.5. The second-order valence-corrected chi connectivity index (χ2v) is 9.05. The maximum absolute atomic E-state index is 11.9. The topological polar surface area (TPSA) is 74.5 Å². The standard InChI is InChI=1S/C30H30N2O4/c1-3-7-29(33)36-28-15-11-22-18-24(12-13-25(22)28)34-17-16-26-20(2)35-30(32-26)23-10-14-27(31-19-23)21-8-5-4-6-9-21/h4-6,8-10,12-14,18-19,28H,3,7,11,15-17H2,1-2H3/t28-/m0/s1. The maximum atomic E-state index is 11.9. The van der Waals surface area contributed by atoms with Crippen molar-refractivity contribution in [2.24, 2.45) is 0 Å². The van der Waals surface area contributed by atoms with Crippen molar-refractivity contribution in [3.63, 3.8) is 0 Å². The van der Waals surface area contributed by atoms with Crippen LogP contribution in [0, 0.1) is 6.92 Å². The molecule has 2 aromatic heterocycles. The molecule has 0 fully saturated rings. The van der Waals surface area contributed by atoms with Crippen LogP contribution in [-0.2, 0) is 22.4 Å². The van der Waals surface area contributed by atoms with E-state index in [0.717, 1.165) is 58.9 Å². The highest BCUT2D eigenvalue weighted by Gasteiger charge is 2.26. The number of carbonyl (C=O) groups excluding carboxylic acids is 1. The Kier molecular flexibility index (Phi) is 7.12. The largest absolute Gasteiger partial charge is 0.493 e. The van der Waals surface area contributed by atoms with Crippen LogP contribution < -0.4 is 4.74 Å². The number of nitrogens with zero attached hydrogens (tertiary/aromatic N) is 2. The molecule has 0 saturated carbocycles. The number of benzene rings is 2. The molecule has 5 rings (SSSR count). The molecule has 0 saturated heterocycles. The highest BCUT2D eigenvalue weighted by Crippen LogP contribution is 2.36. The lowest BCUT2D eigenvalue weighted by molar-refractivity contribution is -0.149. The van der Waals surface area contributed by atoms with Gasteiger partial charge in [0, 0.05) is 24.6 Å². The minimum Gasteiger partial charge on any atom is -0.493 e. The molecular weight excluding hydrogens is 452 g/mol. The summed E-state index contributed by atoms with van der Waals surface area (Å²) in [6.45, 7) is 4.40. The van der Waals surface area contributed by atoms with Crippen molar-refractivity contribution in [3.05, 3.63) is 89.4 Å². The van der Waals surface area contributed by atoms with E-state index in [0.29, 0.717) is 25.3 Å². The number of aromatic nitrogens is 2. The van der Waals surface area contributed by atoms with E-state index in [1.165, 1.54) is 5.56 Å². The third-order valence-electron chi connectivity index (χ3n) is 6.45. The number of hydrogen-bond acceptors (Lipinski definition) is 6. The number of aryl methyl sites for hydroxylation is 2. The fraction of sp³-hybridized carbons (Fsp3) is 0.300. The average molecular weight is 483 g/mol. The van der Waals surface area contributed by atoms with Crippen molar-refractivity contribution in [3.8, 4) is 28.5 Å². The molecular formula is C30H30N2O4. The summed E-state index contributed by atoms with van der Waals surface area (Å²) >= 11 is 0. The first-order chi connectivity index (χ1) is 17.6. The molecule has 0 N–H and O–H groups in total. The average Bonchev–Trinajstić information content (AvgIpc) is 3.47. The van der Waals surface area contributed by atoms with Gasteiger partial charge in [0.05, 0.1) is 23.6 Å². The predicted molar refractivity (Wildman–Crippen MR) is 138 cm³/mol. The Balaban J connectivity index is 1.18. The van der Waals surface area contributed by atoms with Crippen LogP contribution in [-0.4, -0.2) is 22.5 Å². The lowest BCUT2D eigenvalue weighted by Gasteiger charge is -2.14. The van der Waals surface area contributed by atoms with Crippen LogP contribution >= 0.6 is 0 Å². The zero-order chi connectivity index (χ0) is 24.9. The molecule has 4 aromatic rings. The number of carbonyl (C=O) groups is 1. The summed E-state index contributed by atoms with van der Waals surface area (Å²) < 4.78 is 17.6. The molecule has 1 atom stereocenters. The summed E-state index contributed by atoms with van der Waals surface area (Å²) in [7, 11) is 0. The van der Waals surface area contributed by atoms with Crippen molar-refractivity contribution in [2.75, 3.05) is 6.61 Å². The lowest BCUT2D eigenvalue weighted by Crippen LogP contribution is -2.08. The Bertz CT molecular complexity index is 1330.